The molecule has 1 N–H and O–H groups in total. The average Bonchev–Trinajstić information content (AvgIpc) is 2.66. The normalized spacial score (nSPS) is 10.8. The van der Waals surface area contributed by atoms with Gasteiger partial charge in [0.05, 0.1) is 22.7 Å². The topological polar surface area (TPSA) is 114 Å². The van der Waals surface area contributed by atoms with E-state index < -0.39 is 10.8 Å². The van der Waals surface area contributed by atoms with Crippen LogP contribution in [0.3, 0.4) is 0 Å². The third kappa shape index (κ3) is 4.77. The molecule has 0 saturated heterocycles. The Morgan fingerprint density at radius 3 is 2.54 bits per heavy atom. The first-order valence-corrected chi connectivity index (χ1v) is 8.98. The van der Waals surface area contributed by atoms with Crippen LogP contribution in [-0.4, -0.2) is 25.1 Å². The molecule has 0 aliphatic carbocycles. The van der Waals surface area contributed by atoms with Crippen LogP contribution in [0.15, 0.2) is 35.9 Å². The molecule has 0 aliphatic rings. The summed E-state index contributed by atoms with van der Waals surface area (Å²) in [5.74, 6) is 0.415. The number of halogens is 1. The number of hydrogen-bond acceptors (Lipinski definition) is 6. The minimum absolute atomic E-state index is 0.0774. The number of methoxy groups -OCH3 is 2. The quantitative estimate of drug-likeness (QED) is 0.213. The van der Waals surface area contributed by atoms with Crippen molar-refractivity contribution in [3.63, 3.8) is 0 Å². The number of nitriles is 1. The van der Waals surface area contributed by atoms with Crippen molar-refractivity contribution in [3.8, 4) is 17.6 Å². The summed E-state index contributed by atoms with van der Waals surface area (Å²) in [4.78, 5) is 22.8. The molecule has 0 unspecified atom stereocenters. The van der Waals surface area contributed by atoms with Gasteiger partial charge in [-0.05, 0) is 64.9 Å². The van der Waals surface area contributed by atoms with Crippen LogP contribution >= 0.6 is 22.6 Å². The van der Waals surface area contributed by atoms with Gasteiger partial charge in [0.15, 0.2) is 11.5 Å². The van der Waals surface area contributed by atoms with Gasteiger partial charge >= 0.3 is 0 Å². The van der Waals surface area contributed by atoms with E-state index in [4.69, 9.17) is 9.47 Å². The van der Waals surface area contributed by atoms with Gasteiger partial charge in [-0.25, -0.2) is 0 Å². The predicted octanol–water partition coefficient (Wildman–Crippen LogP) is 4.07. The molecule has 144 valence electrons. The minimum Gasteiger partial charge on any atom is -0.493 e. The van der Waals surface area contributed by atoms with E-state index in [0.29, 0.717) is 28.3 Å². The molecule has 0 atom stereocenters. The molecule has 0 bridgehead atoms. The SMILES string of the molecule is COc1cc(/C=C(/C#N)C(=O)Nc2ccc([N+](=O)[O-])cc2C)cc(I)c1OC. The zero-order valence-corrected chi connectivity index (χ0v) is 17.4. The van der Waals surface area contributed by atoms with Gasteiger partial charge in [-0.15, -0.1) is 0 Å². The van der Waals surface area contributed by atoms with Crippen molar-refractivity contribution in [2.24, 2.45) is 0 Å². The third-order valence-corrected chi connectivity index (χ3v) is 4.60. The van der Waals surface area contributed by atoms with Crippen LogP contribution < -0.4 is 14.8 Å². The van der Waals surface area contributed by atoms with E-state index in [0.717, 1.165) is 3.57 Å². The number of rotatable bonds is 6. The number of aryl methyl sites for hydroxylation is 1. The molecule has 0 radical (unpaired) electrons. The smallest absolute Gasteiger partial charge is 0.269 e. The second-order valence-corrected chi connectivity index (χ2v) is 6.78. The molecular formula is C19H16IN3O5. The van der Waals surface area contributed by atoms with Gasteiger partial charge in [0.25, 0.3) is 11.6 Å². The Morgan fingerprint density at radius 1 is 1.29 bits per heavy atom. The lowest BCUT2D eigenvalue weighted by Crippen LogP contribution is -2.14. The summed E-state index contributed by atoms with van der Waals surface area (Å²) in [5.41, 5.74) is 1.29. The second-order valence-electron chi connectivity index (χ2n) is 5.62. The lowest BCUT2D eigenvalue weighted by molar-refractivity contribution is -0.384. The van der Waals surface area contributed by atoms with Crippen LogP contribution in [0.2, 0.25) is 0 Å². The predicted molar refractivity (Wildman–Crippen MR) is 112 cm³/mol. The molecule has 1 amide bonds. The van der Waals surface area contributed by atoms with Crippen molar-refractivity contribution in [3.05, 3.63) is 60.7 Å². The first kappa shape index (κ1) is 21.2. The number of non-ortho nitro benzene ring substituents is 1. The van der Waals surface area contributed by atoms with Gasteiger partial charge in [0.2, 0.25) is 0 Å². The molecule has 28 heavy (non-hydrogen) atoms. The highest BCUT2D eigenvalue weighted by molar-refractivity contribution is 14.1. The van der Waals surface area contributed by atoms with E-state index in [9.17, 15) is 20.2 Å². The monoisotopic (exact) mass is 493 g/mol. The Hall–Kier alpha value is -3.13. The molecular weight excluding hydrogens is 477 g/mol. The fourth-order valence-corrected chi connectivity index (χ4v) is 3.27. The summed E-state index contributed by atoms with van der Waals surface area (Å²) in [5, 5.41) is 22.8. The molecule has 8 nitrogen and oxygen atoms in total. The van der Waals surface area contributed by atoms with Crippen molar-refractivity contribution in [1.82, 2.24) is 0 Å². The van der Waals surface area contributed by atoms with E-state index in [1.807, 2.05) is 6.07 Å². The molecule has 0 heterocycles. The van der Waals surface area contributed by atoms with Crippen LogP contribution in [0.5, 0.6) is 11.5 Å². The number of nitrogens with zero attached hydrogens (tertiary/aromatic N) is 2. The fourth-order valence-electron chi connectivity index (χ4n) is 2.43. The standard InChI is InChI=1S/C19H16IN3O5/c1-11-6-14(23(25)26)4-5-16(11)22-19(24)13(10-21)7-12-8-15(20)18(28-3)17(9-12)27-2/h4-9H,1-3H3,(H,22,24)/b13-7-. The summed E-state index contributed by atoms with van der Waals surface area (Å²) in [6, 6.07) is 9.35. The number of benzene rings is 2. The van der Waals surface area contributed by atoms with E-state index in [2.05, 4.69) is 27.9 Å². The summed E-state index contributed by atoms with van der Waals surface area (Å²) >= 11 is 2.07. The number of nitro groups is 1. The maximum atomic E-state index is 12.5. The van der Waals surface area contributed by atoms with E-state index in [1.54, 1.807) is 19.1 Å². The highest BCUT2D eigenvalue weighted by Crippen LogP contribution is 2.34. The maximum Gasteiger partial charge on any atom is 0.269 e. The van der Waals surface area contributed by atoms with Gasteiger partial charge < -0.3 is 14.8 Å². The molecule has 2 rings (SSSR count). The second kappa shape index (κ2) is 9.18. The van der Waals surface area contributed by atoms with Gasteiger partial charge in [0, 0.05) is 17.8 Å². The van der Waals surface area contributed by atoms with Crippen LogP contribution in [0.25, 0.3) is 6.08 Å². The molecule has 0 spiro atoms. The number of carbonyl (C=O) groups is 1. The first-order chi connectivity index (χ1) is 13.3. The Balaban J connectivity index is 2.33. The van der Waals surface area contributed by atoms with Gasteiger partial charge in [0.1, 0.15) is 11.6 Å². The highest BCUT2D eigenvalue weighted by Gasteiger charge is 2.15. The minimum atomic E-state index is -0.621. The van der Waals surface area contributed by atoms with Crippen molar-refractivity contribution in [2.45, 2.75) is 6.92 Å². The molecule has 9 heteroatoms. The Kier molecular flexibility index (Phi) is 6.94. The largest absolute Gasteiger partial charge is 0.493 e. The lowest BCUT2D eigenvalue weighted by Gasteiger charge is -2.11. The molecule has 2 aromatic rings. The molecule has 2 aromatic carbocycles. The number of nitro benzene ring substituents is 1. The van der Waals surface area contributed by atoms with Gasteiger partial charge in [-0.2, -0.15) is 5.26 Å². The number of amides is 1. The van der Waals surface area contributed by atoms with Crippen molar-refractivity contribution >= 4 is 45.9 Å². The van der Waals surface area contributed by atoms with E-state index >= 15 is 0 Å². The van der Waals surface area contributed by atoms with Crippen molar-refractivity contribution < 1.29 is 19.2 Å². The Labute approximate surface area is 175 Å². The number of anilines is 1. The van der Waals surface area contributed by atoms with Crippen LogP contribution in [0, 0.1) is 31.9 Å². The molecule has 0 aliphatic heterocycles. The van der Waals surface area contributed by atoms with Gasteiger partial charge in [-0.3, -0.25) is 14.9 Å². The summed E-state index contributed by atoms with van der Waals surface area (Å²) in [6.07, 6.45) is 1.43. The molecule has 0 fully saturated rings. The van der Waals surface area contributed by atoms with Crippen molar-refractivity contribution in [2.75, 3.05) is 19.5 Å². The number of ether oxygens (including phenoxy) is 2. The summed E-state index contributed by atoms with van der Waals surface area (Å²) < 4.78 is 11.3. The third-order valence-electron chi connectivity index (χ3n) is 3.80. The molecule has 0 saturated carbocycles. The van der Waals surface area contributed by atoms with Crippen molar-refractivity contribution in [1.29, 1.82) is 5.26 Å². The first-order valence-electron chi connectivity index (χ1n) is 7.90. The zero-order chi connectivity index (χ0) is 20.8. The summed E-state index contributed by atoms with van der Waals surface area (Å²) in [7, 11) is 3.02. The average molecular weight is 493 g/mol. The number of carbonyl (C=O) groups excluding carboxylic acids is 1. The fraction of sp³-hybridized carbons (Fsp3) is 0.158. The maximum absolute atomic E-state index is 12.5. The highest BCUT2D eigenvalue weighted by atomic mass is 127. The van der Waals surface area contributed by atoms with Crippen LogP contribution in [0.1, 0.15) is 11.1 Å². The van der Waals surface area contributed by atoms with E-state index in [-0.39, 0.29) is 11.3 Å². The van der Waals surface area contributed by atoms with Crippen LogP contribution in [0.4, 0.5) is 11.4 Å². The molecule has 0 aromatic heterocycles. The lowest BCUT2D eigenvalue weighted by atomic mass is 10.1. The van der Waals surface area contributed by atoms with Crippen LogP contribution in [-0.2, 0) is 4.79 Å². The number of hydrogen-bond donors (Lipinski definition) is 1. The Morgan fingerprint density at radius 2 is 2.00 bits per heavy atom. The Bertz CT molecular complexity index is 1010. The van der Waals surface area contributed by atoms with Gasteiger partial charge in [-0.1, -0.05) is 0 Å². The zero-order valence-electron chi connectivity index (χ0n) is 15.3. The number of nitrogens with one attached hydrogen (secondary N) is 1. The summed E-state index contributed by atoms with van der Waals surface area (Å²) in [6.45, 7) is 1.63. The van der Waals surface area contributed by atoms with E-state index in [1.165, 1.54) is 38.5 Å².